The SMILES string of the molecule is O=C(O)N1CCC(OCCOC2COCC2O)CC1. The smallest absolute Gasteiger partial charge is 0.407 e. The van der Waals surface area contributed by atoms with Gasteiger partial charge in [0, 0.05) is 13.1 Å². The molecule has 2 rings (SSSR count). The average molecular weight is 275 g/mol. The molecule has 2 aliphatic heterocycles. The summed E-state index contributed by atoms with van der Waals surface area (Å²) in [5.41, 5.74) is 0. The van der Waals surface area contributed by atoms with Gasteiger partial charge >= 0.3 is 6.09 Å². The van der Waals surface area contributed by atoms with Crippen LogP contribution in [-0.2, 0) is 14.2 Å². The van der Waals surface area contributed by atoms with Crippen LogP contribution in [0.15, 0.2) is 0 Å². The number of rotatable bonds is 5. The van der Waals surface area contributed by atoms with Gasteiger partial charge in [0.05, 0.1) is 32.5 Å². The summed E-state index contributed by atoms with van der Waals surface area (Å²) in [5, 5.41) is 18.3. The highest BCUT2D eigenvalue weighted by Gasteiger charge is 2.27. The third-order valence-electron chi connectivity index (χ3n) is 3.48. The molecular weight excluding hydrogens is 254 g/mol. The largest absolute Gasteiger partial charge is 0.465 e. The number of aliphatic hydroxyl groups is 1. The third kappa shape index (κ3) is 4.31. The monoisotopic (exact) mass is 275 g/mol. The molecule has 19 heavy (non-hydrogen) atoms. The number of ether oxygens (including phenoxy) is 3. The van der Waals surface area contributed by atoms with Gasteiger partial charge in [-0.1, -0.05) is 0 Å². The third-order valence-corrected chi connectivity index (χ3v) is 3.48. The number of carbonyl (C=O) groups is 1. The van der Waals surface area contributed by atoms with Gasteiger partial charge in [-0.3, -0.25) is 0 Å². The summed E-state index contributed by atoms with van der Waals surface area (Å²) in [6, 6.07) is 0. The fraction of sp³-hybridized carbons (Fsp3) is 0.917. The van der Waals surface area contributed by atoms with Gasteiger partial charge in [0.1, 0.15) is 12.2 Å². The molecule has 2 saturated heterocycles. The normalized spacial score (nSPS) is 28.8. The van der Waals surface area contributed by atoms with Crippen molar-refractivity contribution in [3.05, 3.63) is 0 Å². The van der Waals surface area contributed by atoms with Crippen LogP contribution in [0.4, 0.5) is 4.79 Å². The maximum atomic E-state index is 10.7. The van der Waals surface area contributed by atoms with Crippen LogP contribution in [0.5, 0.6) is 0 Å². The molecule has 0 saturated carbocycles. The first-order valence-electron chi connectivity index (χ1n) is 6.63. The molecule has 110 valence electrons. The van der Waals surface area contributed by atoms with Crippen LogP contribution in [0, 0.1) is 0 Å². The van der Waals surface area contributed by atoms with Gasteiger partial charge in [-0.25, -0.2) is 4.79 Å². The minimum Gasteiger partial charge on any atom is -0.465 e. The van der Waals surface area contributed by atoms with Gasteiger partial charge in [-0.2, -0.15) is 0 Å². The van der Waals surface area contributed by atoms with Crippen LogP contribution in [0.1, 0.15) is 12.8 Å². The lowest BCUT2D eigenvalue weighted by Crippen LogP contribution is -2.40. The lowest BCUT2D eigenvalue weighted by molar-refractivity contribution is -0.0581. The predicted molar refractivity (Wildman–Crippen MR) is 65.1 cm³/mol. The Bertz CT molecular complexity index is 292. The van der Waals surface area contributed by atoms with Gasteiger partial charge in [-0.15, -0.1) is 0 Å². The first-order valence-corrected chi connectivity index (χ1v) is 6.63. The summed E-state index contributed by atoms with van der Waals surface area (Å²) in [4.78, 5) is 12.1. The van der Waals surface area contributed by atoms with Gasteiger partial charge in [-0.05, 0) is 12.8 Å². The Morgan fingerprint density at radius 2 is 1.89 bits per heavy atom. The summed E-state index contributed by atoms with van der Waals surface area (Å²) in [6.45, 7) is 2.69. The van der Waals surface area contributed by atoms with Crippen LogP contribution in [0.3, 0.4) is 0 Å². The summed E-state index contributed by atoms with van der Waals surface area (Å²) in [6.07, 6.45) is -0.111. The number of hydrogen-bond donors (Lipinski definition) is 2. The van der Waals surface area contributed by atoms with Crippen molar-refractivity contribution in [2.24, 2.45) is 0 Å². The van der Waals surface area contributed by atoms with E-state index in [1.165, 1.54) is 4.90 Å². The van der Waals surface area contributed by atoms with Crippen molar-refractivity contribution in [3.8, 4) is 0 Å². The van der Waals surface area contributed by atoms with E-state index in [0.717, 1.165) is 12.8 Å². The minimum atomic E-state index is -0.864. The molecule has 2 unspecified atom stereocenters. The van der Waals surface area contributed by atoms with Crippen LogP contribution in [-0.4, -0.2) is 79.0 Å². The Hall–Kier alpha value is -0.890. The number of hydrogen-bond acceptors (Lipinski definition) is 5. The van der Waals surface area contributed by atoms with Crippen molar-refractivity contribution in [1.82, 2.24) is 4.90 Å². The Morgan fingerprint density at radius 3 is 2.47 bits per heavy atom. The highest BCUT2D eigenvalue weighted by molar-refractivity contribution is 5.64. The van der Waals surface area contributed by atoms with Crippen LogP contribution >= 0.6 is 0 Å². The van der Waals surface area contributed by atoms with Gasteiger partial charge in [0.15, 0.2) is 0 Å². The molecule has 7 heteroatoms. The molecule has 0 aliphatic carbocycles. The van der Waals surface area contributed by atoms with Crippen LogP contribution in [0.25, 0.3) is 0 Å². The van der Waals surface area contributed by atoms with Gasteiger partial charge < -0.3 is 29.3 Å². The molecule has 7 nitrogen and oxygen atoms in total. The van der Waals surface area contributed by atoms with E-state index in [-0.39, 0.29) is 12.2 Å². The van der Waals surface area contributed by atoms with Crippen LogP contribution < -0.4 is 0 Å². The number of likely N-dealkylation sites (tertiary alicyclic amines) is 1. The molecular formula is C12H21NO6. The van der Waals surface area contributed by atoms with Crippen molar-refractivity contribution < 1.29 is 29.2 Å². The summed E-state index contributed by atoms with van der Waals surface area (Å²) < 4.78 is 16.2. The van der Waals surface area contributed by atoms with Crippen molar-refractivity contribution in [1.29, 1.82) is 0 Å². The van der Waals surface area contributed by atoms with E-state index in [0.29, 0.717) is 39.5 Å². The second kappa shape index (κ2) is 7.04. The van der Waals surface area contributed by atoms with Gasteiger partial charge in [0.25, 0.3) is 0 Å². The zero-order valence-corrected chi connectivity index (χ0v) is 10.9. The van der Waals surface area contributed by atoms with E-state index in [1.807, 2.05) is 0 Å². The molecule has 0 bridgehead atoms. The number of carboxylic acid groups (broad SMARTS) is 1. The molecule has 2 aliphatic rings. The van der Waals surface area contributed by atoms with Crippen molar-refractivity contribution >= 4 is 6.09 Å². The highest BCUT2D eigenvalue weighted by atomic mass is 16.6. The van der Waals surface area contributed by atoms with Crippen molar-refractivity contribution in [3.63, 3.8) is 0 Å². The van der Waals surface area contributed by atoms with Crippen molar-refractivity contribution in [2.45, 2.75) is 31.2 Å². The average Bonchev–Trinajstić information content (AvgIpc) is 2.81. The van der Waals surface area contributed by atoms with Crippen molar-refractivity contribution in [2.75, 3.05) is 39.5 Å². The topological polar surface area (TPSA) is 88.5 Å². The Kier molecular flexibility index (Phi) is 5.38. The van der Waals surface area contributed by atoms with E-state index in [4.69, 9.17) is 19.3 Å². The quantitative estimate of drug-likeness (QED) is 0.682. The second-order valence-corrected chi connectivity index (χ2v) is 4.85. The Labute approximate surface area is 112 Å². The maximum Gasteiger partial charge on any atom is 0.407 e. The number of amides is 1. The standard InChI is InChI=1S/C12H21NO6/c14-10-7-17-8-11(10)19-6-5-18-9-1-3-13(4-2-9)12(15)16/h9-11,14H,1-8H2,(H,15,16). The molecule has 0 radical (unpaired) electrons. The Balaban J connectivity index is 1.53. The molecule has 0 spiro atoms. The van der Waals surface area contributed by atoms with E-state index in [2.05, 4.69) is 0 Å². The molecule has 2 N–H and O–H groups in total. The van der Waals surface area contributed by atoms with Crippen LogP contribution in [0.2, 0.25) is 0 Å². The molecule has 2 heterocycles. The maximum absolute atomic E-state index is 10.7. The highest BCUT2D eigenvalue weighted by Crippen LogP contribution is 2.14. The lowest BCUT2D eigenvalue weighted by atomic mass is 10.1. The Morgan fingerprint density at radius 1 is 1.21 bits per heavy atom. The van der Waals surface area contributed by atoms with Gasteiger partial charge in [0.2, 0.25) is 0 Å². The fourth-order valence-electron chi connectivity index (χ4n) is 2.31. The second-order valence-electron chi connectivity index (χ2n) is 4.85. The van der Waals surface area contributed by atoms with E-state index < -0.39 is 12.2 Å². The molecule has 2 fully saturated rings. The first kappa shape index (κ1) is 14.5. The fourth-order valence-corrected chi connectivity index (χ4v) is 2.31. The number of aliphatic hydroxyl groups excluding tert-OH is 1. The summed E-state index contributed by atoms with van der Waals surface area (Å²) in [5.74, 6) is 0. The molecule has 0 aromatic carbocycles. The first-order chi connectivity index (χ1) is 9.16. The molecule has 2 atom stereocenters. The molecule has 0 aromatic rings. The molecule has 0 aromatic heterocycles. The summed E-state index contributed by atoms with van der Waals surface area (Å²) in [7, 11) is 0. The number of piperidine rings is 1. The van der Waals surface area contributed by atoms with E-state index >= 15 is 0 Å². The zero-order chi connectivity index (χ0) is 13.7. The van der Waals surface area contributed by atoms with E-state index in [9.17, 15) is 9.90 Å². The zero-order valence-electron chi connectivity index (χ0n) is 10.9. The number of nitrogens with zero attached hydrogens (tertiary/aromatic N) is 1. The van der Waals surface area contributed by atoms with E-state index in [1.54, 1.807) is 0 Å². The summed E-state index contributed by atoms with van der Waals surface area (Å²) >= 11 is 0. The minimum absolute atomic E-state index is 0.101. The molecule has 1 amide bonds. The lowest BCUT2D eigenvalue weighted by Gasteiger charge is -2.30. The predicted octanol–water partition coefficient (Wildman–Crippen LogP) is -0.0783.